The predicted octanol–water partition coefficient (Wildman–Crippen LogP) is 2.40. The fourth-order valence-corrected chi connectivity index (χ4v) is 3.66. The third-order valence-corrected chi connectivity index (χ3v) is 5.49. The molecule has 0 saturated carbocycles. The lowest BCUT2D eigenvalue weighted by Crippen LogP contribution is -2.51. The number of nitrogens with one attached hydrogen (secondary N) is 1. The molecule has 1 saturated heterocycles. The Morgan fingerprint density at radius 1 is 1.17 bits per heavy atom. The van der Waals surface area contributed by atoms with Crippen molar-refractivity contribution in [3.8, 4) is 5.75 Å². The molecule has 0 radical (unpaired) electrons. The van der Waals surface area contributed by atoms with Crippen molar-refractivity contribution in [2.45, 2.75) is 26.4 Å². The van der Waals surface area contributed by atoms with Crippen molar-refractivity contribution in [3.05, 3.63) is 46.4 Å². The third-order valence-electron chi connectivity index (χ3n) is 4.85. The third kappa shape index (κ3) is 6.54. The smallest absolute Gasteiger partial charge is 0.253 e. The van der Waals surface area contributed by atoms with Gasteiger partial charge in [0.1, 0.15) is 12.4 Å². The second kappa shape index (κ2) is 10.9. The van der Waals surface area contributed by atoms with Gasteiger partial charge in [-0.25, -0.2) is 4.98 Å². The largest absolute Gasteiger partial charge is 0.487 e. The SMILES string of the molecule is CCCCNC(=O)CN1CCN(C(=O)c2ccc(OCc3cscn3)cc2)CC1. The molecule has 29 heavy (non-hydrogen) atoms. The topological polar surface area (TPSA) is 74.8 Å². The number of amides is 2. The molecule has 1 aliphatic heterocycles. The summed E-state index contributed by atoms with van der Waals surface area (Å²) in [4.78, 5) is 32.8. The van der Waals surface area contributed by atoms with Gasteiger partial charge in [-0.3, -0.25) is 14.5 Å². The summed E-state index contributed by atoms with van der Waals surface area (Å²) in [5, 5.41) is 4.89. The number of rotatable bonds is 9. The highest BCUT2D eigenvalue weighted by Crippen LogP contribution is 2.16. The van der Waals surface area contributed by atoms with Gasteiger partial charge in [-0.15, -0.1) is 11.3 Å². The van der Waals surface area contributed by atoms with Gasteiger partial charge >= 0.3 is 0 Å². The number of nitrogens with zero attached hydrogens (tertiary/aromatic N) is 3. The molecule has 156 valence electrons. The van der Waals surface area contributed by atoms with Crippen molar-refractivity contribution in [1.29, 1.82) is 0 Å². The van der Waals surface area contributed by atoms with Crippen LogP contribution in [0.2, 0.25) is 0 Å². The summed E-state index contributed by atoms with van der Waals surface area (Å²) in [7, 11) is 0. The second-order valence-electron chi connectivity index (χ2n) is 7.06. The molecule has 8 heteroatoms. The molecule has 0 atom stereocenters. The van der Waals surface area contributed by atoms with Crippen LogP contribution in [-0.2, 0) is 11.4 Å². The van der Waals surface area contributed by atoms with E-state index in [1.54, 1.807) is 17.6 Å². The van der Waals surface area contributed by atoms with Gasteiger partial charge < -0.3 is 15.0 Å². The van der Waals surface area contributed by atoms with Crippen LogP contribution in [0.15, 0.2) is 35.2 Å². The van der Waals surface area contributed by atoms with E-state index in [0.29, 0.717) is 50.6 Å². The molecular weight excluding hydrogens is 388 g/mol. The summed E-state index contributed by atoms with van der Waals surface area (Å²) in [6, 6.07) is 7.23. The number of carbonyl (C=O) groups is 2. The Morgan fingerprint density at radius 3 is 2.59 bits per heavy atom. The average Bonchev–Trinajstić information content (AvgIpc) is 3.27. The highest BCUT2D eigenvalue weighted by molar-refractivity contribution is 7.07. The first kappa shape index (κ1) is 21.3. The van der Waals surface area contributed by atoms with Crippen LogP contribution >= 0.6 is 11.3 Å². The summed E-state index contributed by atoms with van der Waals surface area (Å²) < 4.78 is 5.69. The van der Waals surface area contributed by atoms with Gasteiger partial charge in [-0.1, -0.05) is 13.3 Å². The maximum absolute atomic E-state index is 12.7. The van der Waals surface area contributed by atoms with Crippen molar-refractivity contribution in [2.75, 3.05) is 39.3 Å². The zero-order valence-electron chi connectivity index (χ0n) is 16.8. The van der Waals surface area contributed by atoms with Crippen molar-refractivity contribution in [3.63, 3.8) is 0 Å². The first-order valence-electron chi connectivity index (χ1n) is 10.0. The molecule has 1 aromatic heterocycles. The fourth-order valence-electron chi connectivity index (χ4n) is 3.12. The normalized spacial score (nSPS) is 14.6. The molecule has 3 rings (SSSR count). The van der Waals surface area contributed by atoms with Crippen molar-refractivity contribution in [1.82, 2.24) is 20.1 Å². The zero-order valence-corrected chi connectivity index (χ0v) is 17.6. The summed E-state index contributed by atoms with van der Waals surface area (Å²) in [6.07, 6.45) is 2.07. The molecule has 2 amide bonds. The van der Waals surface area contributed by atoms with E-state index in [0.717, 1.165) is 25.1 Å². The molecule has 7 nitrogen and oxygen atoms in total. The van der Waals surface area contributed by atoms with E-state index < -0.39 is 0 Å². The predicted molar refractivity (Wildman–Crippen MR) is 113 cm³/mol. The van der Waals surface area contributed by atoms with Crippen LogP contribution in [0.1, 0.15) is 35.8 Å². The van der Waals surface area contributed by atoms with Gasteiger partial charge in [-0.2, -0.15) is 0 Å². The monoisotopic (exact) mass is 416 g/mol. The molecule has 1 aromatic carbocycles. The summed E-state index contributed by atoms with van der Waals surface area (Å²) in [5.74, 6) is 0.794. The lowest BCUT2D eigenvalue weighted by molar-refractivity contribution is -0.122. The van der Waals surface area contributed by atoms with Crippen LogP contribution in [0.3, 0.4) is 0 Å². The molecule has 0 unspecified atom stereocenters. The minimum atomic E-state index is 0.0168. The van der Waals surface area contributed by atoms with Crippen molar-refractivity contribution in [2.24, 2.45) is 0 Å². The summed E-state index contributed by atoms with van der Waals surface area (Å²) in [6.45, 7) is 6.33. The van der Waals surface area contributed by atoms with E-state index >= 15 is 0 Å². The fraction of sp³-hybridized carbons (Fsp3) is 0.476. The van der Waals surface area contributed by atoms with Gasteiger partial charge in [0.15, 0.2) is 0 Å². The Balaban J connectivity index is 1.42. The van der Waals surface area contributed by atoms with Crippen LogP contribution in [0.4, 0.5) is 0 Å². The van der Waals surface area contributed by atoms with Crippen LogP contribution < -0.4 is 10.1 Å². The molecule has 1 aliphatic rings. The van der Waals surface area contributed by atoms with Crippen LogP contribution in [0.25, 0.3) is 0 Å². The van der Waals surface area contributed by atoms with E-state index in [9.17, 15) is 9.59 Å². The highest BCUT2D eigenvalue weighted by Gasteiger charge is 2.23. The second-order valence-corrected chi connectivity index (χ2v) is 7.78. The zero-order chi connectivity index (χ0) is 20.5. The van der Waals surface area contributed by atoms with Crippen LogP contribution in [0.5, 0.6) is 5.75 Å². The molecule has 2 aromatic rings. The molecule has 0 spiro atoms. The number of hydrogen-bond donors (Lipinski definition) is 1. The maximum atomic E-state index is 12.7. The number of unbranched alkanes of at least 4 members (excludes halogenated alkanes) is 1. The van der Waals surface area contributed by atoms with Gasteiger partial charge in [0, 0.05) is 43.7 Å². The lowest BCUT2D eigenvalue weighted by Gasteiger charge is -2.34. The van der Waals surface area contributed by atoms with Gasteiger partial charge in [-0.05, 0) is 30.7 Å². The molecule has 0 aliphatic carbocycles. The number of ether oxygens (including phenoxy) is 1. The van der Waals surface area contributed by atoms with E-state index in [2.05, 4.69) is 22.1 Å². The Labute approximate surface area is 175 Å². The Hall–Kier alpha value is -2.45. The van der Waals surface area contributed by atoms with Crippen molar-refractivity contribution >= 4 is 23.2 Å². The van der Waals surface area contributed by atoms with Crippen LogP contribution in [-0.4, -0.2) is 65.9 Å². The number of thiazole rings is 1. The van der Waals surface area contributed by atoms with E-state index in [1.165, 1.54) is 11.3 Å². The lowest BCUT2D eigenvalue weighted by atomic mass is 10.1. The quantitative estimate of drug-likeness (QED) is 0.636. The number of carbonyl (C=O) groups excluding carboxylic acids is 2. The van der Waals surface area contributed by atoms with E-state index in [4.69, 9.17) is 4.74 Å². The van der Waals surface area contributed by atoms with Gasteiger partial charge in [0.2, 0.25) is 5.91 Å². The average molecular weight is 417 g/mol. The molecule has 1 N–H and O–H groups in total. The van der Waals surface area contributed by atoms with Crippen LogP contribution in [0, 0.1) is 0 Å². The van der Waals surface area contributed by atoms with E-state index in [-0.39, 0.29) is 11.8 Å². The van der Waals surface area contributed by atoms with Gasteiger partial charge in [0.25, 0.3) is 5.91 Å². The Morgan fingerprint density at radius 2 is 1.93 bits per heavy atom. The Bertz CT molecular complexity index is 772. The molecule has 1 fully saturated rings. The maximum Gasteiger partial charge on any atom is 0.253 e. The standard InChI is InChI=1S/C21H28N4O3S/c1-2-3-8-22-20(26)13-24-9-11-25(12-10-24)21(27)17-4-6-19(7-5-17)28-14-18-15-29-16-23-18/h4-7,15-16H,2-3,8-14H2,1H3,(H,22,26). The minimum Gasteiger partial charge on any atom is -0.487 e. The minimum absolute atomic E-state index is 0.0168. The summed E-state index contributed by atoms with van der Waals surface area (Å²) in [5.41, 5.74) is 3.32. The molecule has 2 heterocycles. The van der Waals surface area contributed by atoms with E-state index in [1.807, 2.05) is 22.4 Å². The first-order chi connectivity index (χ1) is 14.2. The van der Waals surface area contributed by atoms with Crippen molar-refractivity contribution < 1.29 is 14.3 Å². The highest BCUT2D eigenvalue weighted by atomic mass is 32.1. The number of benzene rings is 1. The Kier molecular flexibility index (Phi) is 8.01. The first-order valence-corrected chi connectivity index (χ1v) is 11.0. The van der Waals surface area contributed by atoms with Gasteiger partial charge in [0.05, 0.1) is 17.7 Å². The summed E-state index contributed by atoms with van der Waals surface area (Å²) >= 11 is 1.54. The number of aromatic nitrogens is 1. The number of hydrogen-bond acceptors (Lipinski definition) is 6. The molecular formula is C21H28N4O3S. The molecule has 0 bridgehead atoms. The number of piperazine rings is 1.